The van der Waals surface area contributed by atoms with Crippen molar-refractivity contribution < 1.29 is 14.6 Å². The zero-order valence-electron chi connectivity index (χ0n) is 13.6. The van der Waals surface area contributed by atoms with E-state index in [9.17, 15) is 9.90 Å². The molecule has 5 heteroatoms. The molecular weight excluding hydrogens is 304 g/mol. The summed E-state index contributed by atoms with van der Waals surface area (Å²) in [4.78, 5) is 12.2. The van der Waals surface area contributed by atoms with E-state index in [0.717, 1.165) is 23.3 Å². The summed E-state index contributed by atoms with van der Waals surface area (Å²) in [5.41, 5.74) is 2.00. The minimum atomic E-state index is -0.408. The smallest absolute Gasteiger partial charge is 0.315 e. The van der Waals surface area contributed by atoms with Gasteiger partial charge in [-0.15, -0.1) is 0 Å². The maximum absolute atomic E-state index is 12.2. The molecule has 0 heterocycles. The van der Waals surface area contributed by atoms with Crippen LogP contribution in [0.15, 0.2) is 54.6 Å². The van der Waals surface area contributed by atoms with Gasteiger partial charge in [0.1, 0.15) is 5.75 Å². The fraction of sp³-hybridized carbons (Fsp3) is 0.316. The average Bonchev–Trinajstić information content (AvgIpc) is 3.39. The number of carbonyl (C=O) groups is 1. The van der Waals surface area contributed by atoms with Crippen LogP contribution in [0, 0.1) is 0 Å². The highest BCUT2D eigenvalue weighted by Gasteiger charge is 2.41. The molecule has 24 heavy (non-hydrogen) atoms. The highest BCUT2D eigenvalue weighted by molar-refractivity contribution is 5.75. The molecule has 0 bridgehead atoms. The number of nitrogens with one attached hydrogen (secondary N) is 2. The van der Waals surface area contributed by atoms with Gasteiger partial charge in [0.2, 0.25) is 0 Å². The number of aliphatic hydroxyl groups excluding tert-OH is 1. The lowest BCUT2D eigenvalue weighted by Crippen LogP contribution is -2.40. The first-order chi connectivity index (χ1) is 11.7. The third-order valence-electron chi connectivity index (χ3n) is 4.34. The molecule has 2 aromatic rings. The highest BCUT2D eigenvalue weighted by Crippen LogP contribution is 2.44. The third-order valence-corrected chi connectivity index (χ3v) is 4.34. The fourth-order valence-electron chi connectivity index (χ4n) is 2.96. The van der Waals surface area contributed by atoms with Crippen molar-refractivity contribution in [1.29, 1.82) is 0 Å². The summed E-state index contributed by atoms with van der Waals surface area (Å²) in [5, 5.41) is 15.3. The fourth-order valence-corrected chi connectivity index (χ4v) is 2.96. The molecule has 0 spiro atoms. The van der Waals surface area contributed by atoms with Crippen LogP contribution in [-0.4, -0.2) is 30.9 Å². The largest absolute Gasteiger partial charge is 0.496 e. The molecule has 0 radical (unpaired) electrons. The highest BCUT2D eigenvalue weighted by atomic mass is 16.5. The zero-order valence-corrected chi connectivity index (χ0v) is 13.6. The van der Waals surface area contributed by atoms with Crippen molar-refractivity contribution in [3.63, 3.8) is 0 Å². The first-order valence-corrected chi connectivity index (χ1v) is 8.08. The molecule has 5 nitrogen and oxygen atoms in total. The molecular formula is C19H22N2O3. The summed E-state index contributed by atoms with van der Waals surface area (Å²) in [6.07, 6.45) is 0.892. The van der Waals surface area contributed by atoms with Gasteiger partial charge in [0.25, 0.3) is 0 Å². The quantitative estimate of drug-likeness (QED) is 0.764. The Morgan fingerprint density at radius 1 is 1.21 bits per heavy atom. The number of urea groups is 1. The third kappa shape index (κ3) is 3.68. The van der Waals surface area contributed by atoms with Crippen LogP contribution >= 0.6 is 0 Å². The van der Waals surface area contributed by atoms with E-state index in [2.05, 4.69) is 10.6 Å². The van der Waals surface area contributed by atoms with E-state index < -0.39 is 6.04 Å². The lowest BCUT2D eigenvalue weighted by atomic mass is 10.1. The lowest BCUT2D eigenvalue weighted by Gasteiger charge is -2.17. The van der Waals surface area contributed by atoms with E-state index in [1.54, 1.807) is 7.11 Å². The van der Waals surface area contributed by atoms with Crippen molar-refractivity contribution in [1.82, 2.24) is 10.6 Å². The summed E-state index contributed by atoms with van der Waals surface area (Å²) in [6.45, 7) is -0.141. The Morgan fingerprint density at radius 2 is 1.92 bits per heavy atom. The second-order valence-corrected chi connectivity index (χ2v) is 5.95. The Balaban J connectivity index is 1.57. The molecule has 3 rings (SSSR count). The Kier molecular flexibility index (Phi) is 5.01. The zero-order chi connectivity index (χ0) is 16.9. The minimum absolute atomic E-state index is 0.0939. The lowest BCUT2D eigenvalue weighted by molar-refractivity contribution is 0.216. The van der Waals surface area contributed by atoms with E-state index in [1.165, 1.54) is 0 Å². The number of amides is 2. The van der Waals surface area contributed by atoms with Crippen LogP contribution in [0.5, 0.6) is 5.75 Å². The van der Waals surface area contributed by atoms with Crippen LogP contribution in [0.4, 0.5) is 4.79 Å². The second-order valence-electron chi connectivity index (χ2n) is 5.95. The maximum Gasteiger partial charge on any atom is 0.315 e. The standard InChI is InChI=1S/C19H22N2O3/c1-24-18-10-6-5-9-14(18)15-11-16(15)20-19(23)21-17(12-22)13-7-3-2-4-8-13/h2-10,15-17,22H,11-12H2,1H3,(H2,20,21,23). The monoisotopic (exact) mass is 326 g/mol. The SMILES string of the molecule is COc1ccccc1C1CC1NC(=O)NC(CO)c1ccccc1. The van der Waals surface area contributed by atoms with Gasteiger partial charge in [-0.1, -0.05) is 48.5 Å². The molecule has 1 fully saturated rings. The number of benzene rings is 2. The summed E-state index contributed by atoms with van der Waals surface area (Å²) in [5.74, 6) is 1.13. The Morgan fingerprint density at radius 3 is 2.62 bits per heavy atom. The summed E-state index contributed by atoms with van der Waals surface area (Å²) >= 11 is 0. The van der Waals surface area contributed by atoms with Gasteiger partial charge in [0.05, 0.1) is 19.8 Å². The second kappa shape index (κ2) is 7.36. The van der Waals surface area contributed by atoms with Gasteiger partial charge in [-0.2, -0.15) is 0 Å². The van der Waals surface area contributed by atoms with Gasteiger partial charge < -0.3 is 20.5 Å². The van der Waals surface area contributed by atoms with Gasteiger partial charge in [0, 0.05) is 12.0 Å². The van der Waals surface area contributed by atoms with Gasteiger partial charge >= 0.3 is 6.03 Å². The van der Waals surface area contributed by atoms with Crippen LogP contribution in [0.3, 0.4) is 0 Å². The van der Waals surface area contributed by atoms with E-state index in [-0.39, 0.29) is 24.6 Å². The number of ether oxygens (including phenoxy) is 1. The number of hydrogen-bond donors (Lipinski definition) is 3. The number of rotatable bonds is 6. The Bertz CT molecular complexity index is 690. The number of aliphatic hydroxyl groups is 1. The summed E-state index contributed by atoms with van der Waals surface area (Å²) < 4.78 is 5.38. The predicted molar refractivity (Wildman–Crippen MR) is 92.1 cm³/mol. The molecule has 2 amide bonds. The molecule has 126 valence electrons. The number of para-hydroxylation sites is 1. The van der Waals surface area contributed by atoms with Crippen LogP contribution in [0.1, 0.15) is 29.5 Å². The van der Waals surface area contributed by atoms with Crippen LogP contribution in [0.2, 0.25) is 0 Å². The first-order valence-electron chi connectivity index (χ1n) is 8.08. The molecule has 1 saturated carbocycles. The van der Waals surface area contributed by atoms with Crippen molar-refractivity contribution in [3.05, 3.63) is 65.7 Å². The Labute approximate surface area is 141 Å². The van der Waals surface area contributed by atoms with Crippen LogP contribution in [-0.2, 0) is 0 Å². The maximum atomic E-state index is 12.2. The Hall–Kier alpha value is -2.53. The molecule has 1 aliphatic carbocycles. The van der Waals surface area contributed by atoms with E-state index in [0.29, 0.717) is 0 Å². The van der Waals surface area contributed by atoms with E-state index in [1.807, 2.05) is 54.6 Å². The van der Waals surface area contributed by atoms with Gasteiger partial charge in [-0.25, -0.2) is 4.79 Å². The van der Waals surface area contributed by atoms with Crippen molar-refractivity contribution in [2.24, 2.45) is 0 Å². The average molecular weight is 326 g/mol. The number of carbonyl (C=O) groups excluding carboxylic acids is 1. The summed E-state index contributed by atoms with van der Waals surface area (Å²) in [6, 6.07) is 16.7. The molecule has 3 unspecified atom stereocenters. The summed E-state index contributed by atoms with van der Waals surface area (Å²) in [7, 11) is 1.65. The van der Waals surface area contributed by atoms with E-state index >= 15 is 0 Å². The molecule has 3 atom stereocenters. The van der Waals surface area contributed by atoms with Gasteiger partial charge in [-0.05, 0) is 23.6 Å². The van der Waals surface area contributed by atoms with Crippen molar-refractivity contribution in [2.75, 3.05) is 13.7 Å². The minimum Gasteiger partial charge on any atom is -0.496 e. The molecule has 0 saturated heterocycles. The van der Waals surface area contributed by atoms with Gasteiger partial charge in [-0.3, -0.25) is 0 Å². The molecule has 2 aromatic carbocycles. The molecule has 0 aliphatic heterocycles. The van der Waals surface area contributed by atoms with E-state index in [4.69, 9.17) is 4.74 Å². The topological polar surface area (TPSA) is 70.6 Å². The van der Waals surface area contributed by atoms with Crippen molar-refractivity contribution >= 4 is 6.03 Å². The predicted octanol–water partition coefficient (Wildman–Crippen LogP) is 2.58. The van der Waals surface area contributed by atoms with Gasteiger partial charge in [0.15, 0.2) is 0 Å². The van der Waals surface area contributed by atoms with Crippen LogP contribution in [0.25, 0.3) is 0 Å². The first kappa shape index (κ1) is 16.3. The number of hydrogen-bond acceptors (Lipinski definition) is 3. The molecule has 1 aliphatic rings. The normalized spacial score (nSPS) is 20.1. The molecule has 3 N–H and O–H groups in total. The molecule has 0 aromatic heterocycles. The van der Waals surface area contributed by atoms with Crippen molar-refractivity contribution in [3.8, 4) is 5.75 Å². The van der Waals surface area contributed by atoms with Crippen molar-refractivity contribution in [2.45, 2.75) is 24.4 Å². The number of methoxy groups -OCH3 is 1. The van der Waals surface area contributed by atoms with Crippen LogP contribution < -0.4 is 15.4 Å².